The fraction of sp³-hybridized carbons (Fsp3) is 0.375. The van der Waals surface area contributed by atoms with Gasteiger partial charge in [-0.25, -0.2) is 0 Å². The van der Waals surface area contributed by atoms with Crippen molar-refractivity contribution < 1.29 is 27.4 Å². The van der Waals surface area contributed by atoms with E-state index < -0.39 is 17.8 Å². The number of aromatic nitrogens is 2. The average Bonchev–Trinajstić information content (AvgIpc) is 2.89. The van der Waals surface area contributed by atoms with Crippen LogP contribution >= 0.6 is 15.9 Å². The number of methoxy groups -OCH3 is 2. The lowest BCUT2D eigenvalue weighted by Crippen LogP contribution is -2.26. The van der Waals surface area contributed by atoms with Crippen LogP contribution in [0.5, 0.6) is 11.5 Å². The predicted molar refractivity (Wildman–Crippen MR) is 91.5 cm³/mol. The molecule has 0 saturated heterocycles. The first-order valence-corrected chi connectivity index (χ1v) is 8.27. The Labute approximate surface area is 156 Å². The Morgan fingerprint density at radius 2 is 1.92 bits per heavy atom. The fourth-order valence-electron chi connectivity index (χ4n) is 2.39. The van der Waals surface area contributed by atoms with Gasteiger partial charge in [0, 0.05) is 13.6 Å². The molecule has 6 nitrogen and oxygen atoms in total. The number of carbonyl (C=O) groups is 1. The highest BCUT2D eigenvalue weighted by Crippen LogP contribution is 2.36. The highest BCUT2D eigenvalue weighted by atomic mass is 79.9. The number of halogens is 4. The van der Waals surface area contributed by atoms with Crippen LogP contribution in [0.4, 0.5) is 13.2 Å². The molecule has 2 aromatic rings. The molecule has 0 aliphatic heterocycles. The molecule has 10 heteroatoms. The number of amides is 1. The largest absolute Gasteiger partial charge is 0.493 e. The van der Waals surface area contributed by atoms with E-state index in [-0.39, 0.29) is 16.7 Å². The van der Waals surface area contributed by atoms with Crippen LogP contribution in [-0.2, 0) is 19.6 Å². The number of hydrogen-bond acceptors (Lipinski definition) is 4. The Morgan fingerprint density at radius 3 is 2.46 bits per heavy atom. The van der Waals surface area contributed by atoms with Crippen molar-refractivity contribution in [2.24, 2.45) is 7.05 Å². The van der Waals surface area contributed by atoms with Gasteiger partial charge in [-0.3, -0.25) is 9.48 Å². The minimum absolute atomic E-state index is 0.221. The van der Waals surface area contributed by atoms with Gasteiger partial charge < -0.3 is 14.8 Å². The molecule has 1 heterocycles. The van der Waals surface area contributed by atoms with Gasteiger partial charge in [-0.05, 0) is 40.0 Å². The first-order valence-electron chi connectivity index (χ1n) is 7.47. The van der Waals surface area contributed by atoms with Crippen molar-refractivity contribution >= 4 is 21.8 Å². The summed E-state index contributed by atoms with van der Waals surface area (Å²) in [6, 6.07) is 5.32. The molecule has 0 aliphatic carbocycles. The third kappa shape index (κ3) is 4.29. The lowest BCUT2D eigenvalue weighted by Gasteiger charge is -2.10. The molecule has 26 heavy (non-hydrogen) atoms. The maximum Gasteiger partial charge on any atom is 0.434 e. The van der Waals surface area contributed by atoms with Crippen LogP contribution in [0.2, 0.25) is 0 Å². The number of nitrogens with zero attached hydrogens (tertiary/aromatic N) is 2. The first kappa shape index (κ1) is 20.1. The Morgan fingerprint density at radius 1 is 1.27 bits per heavy atom. The molecule has 1 N–H and O–H groups in total. The van der Waals surface area contributed by atoms with Gasteiger partial charge in [0.15, 0.2) is 22.9 Å². The topological polar surface area (TPSA) is 65.4 Å². The van der Waals surface area contributed by atoms with E-state index in [4.69, 9.17) is 9.47 Å². The monoisotopic (exact) mass is 435 g/mol. The van der Waals surface area contributed by atoms with E-state index in [9.17, 15) is 18.0 Å². The highest BCUT2D eigenvalue weighted by molar-refractivity contribution is 9.10. The minimum atomic E-state index is -4.61. The Kier molecular flexibility index (Phi) is 6.17. The number of ether oxygens (including phenoxy) is 2. The second-order valence-corrected chi connectivity index (χ2v) is 6.12. The molecule has 0 fully saturated rings. The van der Waals surface area contributed by atoms with Crippen molar-refractivity contribution in [2.75, 3.05) is 20.8 Å². The van der Waals surface area contributed by atoms with Gasteiger partial charge in [-0.15, -0.1) is 0 Å². The van der Waals surface area contributed by atoms with Crippen LogP contribution in [0.3, 0.4) is 0 Å². The number of hydrogen-bond donors (Lipinski definition) is 1. The van der Waals surface area contributed by atoms with Gasteiger partial charge in [0.2, 0.25) is 0 Å². The van der Waals surface area contributed by atoms with Crippen molar-refractivity contribution in [3.05, 3.63) is 39.6 Å². The van der Waals surface area contributed by atoms with Gasteiger partial charge in [-0.1, -0.05) is 6.07 Å². The van der Waals surface area contributed by atoms with Crippen molar-refractivity contribution in [3.63, 3.8) is 0 Å². The molecule has 0 spiro atoms. The zero-order chi connectivity index (χ0) is 19.5. The predicted octanol–water partition coefficient (Wildman–Crippen LogP) is 3.19. The van der Waals surface area contributed by atoms with Crippen LogP contribution in [0.15, 0.2) is 22.7 Å². The molecule has 0 atom stereocenters. The van der Waals surface area contributed by atoms with Crippen LogP contribution in [0.1, 0.15) is 21.7 Å². The normalized spacial score (nSPS) is 11.3. The molecule has 0 saturated carbocycles. The molecule has 2 rings (SSSR count). The van der Waals surface area contributed by atoms with Crippen LogP contribution in [0.25, 0.3) is 0 Å². The SMILES string of the molecule is COc1ccc(CCNC(=O)c2nn(C)c(C(F)(F)F)c2Br)cc1OC. The molecule has 1 aromatic heterocycles. The number of aryl methyl sites for hydroxylation is 1. The van der Waals surface area contributed by atoms with Gasteiger partial charge in [0.1, 0.15) is 0 Å². The van der Waals surface area contributed by atoms with Crippen LogP contribution in [-0.4, -0.2) is 36.5 Å². The van der Waals surface area contributed by atoms with Crippen molar-refractivity contribution in [3.8, 4) is 11.5 Å². The molecule has 0 bridgehead atoms. The summed E-state index contributed by atoms with van der Waals surface area (Å²) < 4.78 is 49.4. The molecule has 142 valence electrons. The summed E-state index contributed by atoms with van der Waals surface area (Å²) in [5.74, 6) is 0.444. The third-order valence-electron chi connectivity index (χ3n) is 3.62. The van der Waals surface area contributed by atoms with Crippen LogP contribution in [0, 0.1) is 0 Å². The van der Waals surface area contributed by atoms with E-state index in [1.54, 1.807) is 12.1 Å². The maximum atomic E-state index is 12.9. The van der Waals surface area contributed by atoms with E-state index in [2.05, 4.69) is 26.3 Å². The summed E-state index contributed by atoms with van der Waals surface area (Å²) in [6.07, 6.45) is -4.15. The van der Waals surface area contributed by atoms with E-state index >= 15 is 0 Å². The van der Waals surface area contributed by atoms with Crippen molar-refractivity contribution in [1.29, 1.82) is 0 Å². The number of carbonyl (C=O) groups excluding carboxylic acids is 1. The Balaban J connectivity index is 2.04. The molecule has 1 aromatic carbocycles. The first-order chi connectivity index (χ1) is 12.2. The molecular weight excluding hydrogens is 419 g/mol. The smallest absolute Gasteiger partial charge is 0.434 e. The van der Waals surface area contributed by atoms with Crippen LogP contribution < -0.4 is 14.8 Å². The van der Waals surface area contributed by atoms with Gasteiger partial charge in [0.05, 0.1) is 18.7 Å². The van der Waals surface area contributed by atoms with E-state index in [1.165, 1.54) is 14.2 Å². The highest BCUT2D eigenvalue weighted by Gasteiger charge is 2.39. The molecule has 0 unspecified atom stereocenters. The number of benzene rings is 1. The quantitative estimate of drug-likeness (QED) is 0.756. The van der Waals surface area contributed by atoms with E-state index in [0.717, 1.165) is 12.6 Å². The number of alkyl halides is 3. The Hall–Kier alpha value is -2.23. The fourth-order valence-corrected chi connectivity index (χ4v) is 3.13. The zero-order valence-electron chi connectivity index (χ0n) is 14.3. The molecule has 0 aliphatic rings. The van der Waals surface area contributed by atoms with Gasteiger partial charge in [0.25, 0.3) is 5.91 Å². The zero-order valence-corrected chi connectivity index (χ0v) is 15.9. The summed E-state index contributed by atoms with van der Waals surface area (Å²) >= 11 is 2.82. The molecular formula is C16H17BrF3N3O3. The molecule has 0 radical (unpaired) electrons. The average molecular weight is 436 g/mol. The van der Waals surface area contributed by atoms with Gasteiger partial charge >= 0.3 is 6.18 Å². The maximum absolute atomic E-state index is 12.9. The lowest BCUT2D eigenvalue weighted by atomic mass is 10.1. The van der Waals surface area contributed by atoms with Crippen molar-refractivity contribution in [2.45, 2.75) is 12.6 Å². The van der Waals surface area contributed by atoms with E-state index in [0.29, 0.717) is 22.6 Å². The summed E-state index contributed by atoms with van der Waals surface area (Å²) in [5, 5.41) is 6.22. The van der Waals surface area contributed by atoms with E-state index in [1.807, 2.05) is 6.07 Å². The lowest BCUT2D eigenvalue weighted by molar-refractivity contribution is -0.144. The molecule has 1 amide bonds. The number of rotatable bonds is 6. The van der Waals surface area contributed by atoms with Crippen molar-refractivity contribution in [1.82, 2.24) is 15.1 Å². The second-order valence-electron chi connectivity index (χ2n) is 5.33. The summed E-state index contributed by atoms with van der Waals surface area (Å²) in [4.78, 5) is 12.1. The second kappa shape index (κ2) is 7.98. The standard InChI is InChI=1S/C16H17BrF3N3O3/c1-23-14(16(18,19)20)12(17)13(22-23)15(24)21-7-6-9-4-5-10(25-2)11(8-9)26-3/h4-5,8H,6-7H2,1-3H3,(H,21,24). The summed E-state index contributed by atoms with van der Waals surface area (Å²) in [7, 11) is 4.17. The third-order valence-corrected chi connectivity index (χ3v) is 4.37. The van der Waals surface area contributed by atoms with Gasteiger partial charge in [-0.2, -0.15) is 18.3 Å². The minimum Gasteiger partial charge on any atom is -0.493 e. The Bertz CT molecular complexity index is 806. The summed E-state index contributed by atoms with van der Waals surface area (Å²) in [6.45, 7) is 0.221. The summed E-state index contributed by atoms with van der Waals surface area (Å²) in [5.41, 5.74) is -0.450. The number of nitrogens with one attached hydrogen (secondary N) is 1.